The van der Waals surface area contributed by atoms with Crippen LogP contribution in [0.2, 0.25) is 0 Å². The molecular weight excluding hydrogens is 520 g/mol. The van der Waals surface area contributed by atoms with Crippen molar-refractivity contribution in [3.63, 3.8) is 0 Å². The number of halogens is 1. The molecule has 0 bridgehead atoms. The SMILES string of the molecule is CCCS(=O)(=O)N1CCN(C(=O)c2cc3cc(OC4CCN(C(C)C)CC4)c(Br)cc3[nH]2)CC1. The summed E-state index contributed by atoms with van der Waals surface area (Å²) in [7, 11) is -3.23. The monoisotopic (exact) mass is 554 g/mol. The highest BCUT2D eigenvalue weighted by atomic mass is 79.9. The summed E-state index contributed by atoms with van der Waals surface area (Å²) in [6.07, 6.45) is 2.78. The Kier molecular flexibility index (Phi) is 7.91. The van der Waals surface area contributed by atoms with Crippen molar-refractivity contribution in [1.82, 2.24) is 19.1 Å². The maximum atomic E-state index is 13.1. The molecule has 2 fully saturated rings. The van der Waals surface area contributed by atoms with Crippen molar-refractivity contribution in [2.75, 3.05) is 45.0 Å². The van der Waals surface area contributed by atoms with Crippen molar-refractivity contribution >= 4 is 42.8 Å². The van der Waals surface area contributed by atoms with Crippen LogP contribution in [0.4, 0.5) is 0 Å². The number of aromatic nitrogens is 1. The molecule has 2 aliphatic heterocycles. The van der Waals surface area contributed by atoms with Gasteiger partial charge < -0.3 is 19.5 Å². The van der Waals surface area contributed by atoms with E-state index in [0.29, 0.717) is 44.3 Å². The minimum atomic E-state index is -3.23. The number of rotatable bonds is 7. The van der Waals surface area contributed by atoms with E-state index in [1.807, 2.05) is 25.1 Å². The maximum absolute atomic E-state index is 13.1. The number of piperidine rings is 1. The van der Waals surface area contributed by atoms with Crippen molar-refractivity contribution in [2.24, 2.45) is 0 Å². The second-order valence-corrected chi connectivity index (χ2v) is 12.4. The Hall–Kier alpha value is -1.62. The Morgan fingerprint density at radius 2 is 1.79 bits per heavy atom. The van der Waals surface area contributed by atoms with Crippen molar-refractivity contribution in [3.05, 3.63) is 28.4 Å². The fourth-order valence-corrected chi connectivity index (χ4v) is 6.69. The van der Waals surface area contributed by atoms with Crippen molar-refractivity contribution < 1.29 is 17.9 Å². The molecule has 1 amide bonds. The molecule has 0 spiro atoms. The highest BCUT2D eigenvalue weighted by Gasteiger charge is 2.29. The van der Waals surface area contributed by atoms with Crippen molar-refractivity contribution in [3.8, 4) is 5.75 Å². The minimum Gasteiger partial charge on any atom is -0.489 e. The van der Waals surface area contributed by atoms with Gasteiger partial charge >= 0.3 is 0 Å². The third-order valence-corrected chi connectivity index (χ3v) is 9.48. The molecule has 2 aliphatic rings. The molecule has 0 radical (unpaired) electrons. The highest BCUT2D eigenvalue weighted by Crippen LogP contribution is 2.33. The average molecular weight is 556 g/mol. The zero-order valence-electron chi connectivity index (χ0n) is 20.2. The second-order valence-electron chi connectivity index (χ2n) is 9.51. The summed E-state index contributed by atoms with van der Waals surface area (Å²) in [5.41, 5.74) is 1.37. The van der Waals surface area contributed by atoms with E-state index >= 15 is 0 Å². The molecule has 1 aromatic carbocycles. The Labute approximate surface area is 210 Å². The maximum Gasteiger partial charge on any atom is 0.270 e. The van der Waals surface area contributed by atoms with E-state index in [4.69, 9.17) is 4.74 Å². The molecule has 0 unspecified atom stereocenters. The fraction of sp³-hybridized carbons (Fsp3) is 0.625. The Balaban J connectivity index is 1.41. The van der Waals surface area contributed by atoms with Crippen LogP contribution in [0.25, 0.3) is 10.9 Å². The normalized spacial score (nSPS) is 19.3. The number of carbonyl (C=O) groups excluding carboxylic acids is 1. The number of H-pyrrole nitrogens is 1. The third kappa shape index (κ3) is 5.61. The van der Waals surface area contributed by atoms with Gasteiger partial charge in [-0.05, 0) is 67.2 Å². The number of nitrogens with zero attached hydrogens (tertiary/aromatic N) is 3. The Morgan fingerprint density at radius 3 is 2.41 bits per heavy atom. The van der Waals surface area contributed by atoms with E-state index in [-0.39, 0.29) is 17.8 Å². The quantitative estimate of drug-likeness (QED) is 0.564. The molecule has 10 heteroatoms. The van der Waals surface area contributed by atoms with E-state index in [1.54, 1.807) is 4.90 Å². The number of amides is 1. The molecule has 1 aromatic heterocycles. The van der Waals surface area contributed by atoms with Gasteiger partial charge in [-0.25, -0.2) is 8.42 Å². The fourth-order valence-electron chi connectivity index (χ4n) is 4.76. The number of nitrogens with one attached hydrogen (secondary N) is 1. The Bertz CT molecular complexity index is 1120. The molecule has 0 atom stereocenters. The Morgan fingerprint density at radius 1 is 1.12 bits per heavy atom. The van der Waals surface area contributed by atoms with Gasteiger partial charge in [0.2, 0.25) is 10.0 Å². The van der Waals surface area contributed by atoms with Crippen molar-refractivity contribution in [1.29, 1.82) is 0 Å². The van der Waals surface area contributed by atoms with E-state index in [2.05, 4.69) is 39.7 Å². The van der Waals surface area contributed by atoms with Crippen LogP contribution >= 0.6 is 15.9 Å². The van der Waals surface area contributed by atoms with Gasteiger partial charge in [0, 0.05) is 56.2 Å². The second kappa shape index (κ2) is 10.6. The summed E-state index contributed by atoms with van der Waals surface area (Å²) >= 11 is 3.63. The molecule has 188 valence electrons. The van der Waals surface area contributed by atoms with E-state index in [1.165, 1.54) is 4.31 Å². The lowest BCUT2D eigenvalue weighted by Gasteiger charge is -2.34. The molecule has 4 rings (SSSR count). The van der Waals surface area contributed by atoms with Gasteiger partial charge in [-0.15, -0.1) is 0 Å². The van der Waals surface area contributed by atoms with E-state index in [0.717, 1.165) is 47.1 Å². The number of carbonyl (C=O) groups is 1. The molecule has 2 saturated heterocycles. The van der Waals surface area contributed by atoms with Crippen LogP contribution in [-0.2, 0) is 10.0 Å². The predicted octanol–water partition coefficient (Wildman–Crippen LogP) is 3.68. The molecule has 0 saturated carbocycles. The number of hydrogen-bond donors (Lipinski definition) is 1. The lowest BCUT2D eigenvalue weighted by Crippen LogP contribution is -2.51. The number of sulfonamides is 1. The standard InChI is InChI=1S/C24H35BrN4O4S/c1-4-13-34(31,32)29-11-9-28(10-12-29)24(30)22-14-18-15-23(20(25)16-21(18)26-22)33-19-5-7-27(8-6-19)17(2)3/h14-17,19,26H,4-13H2,1-3H3. The first-order chi connectivity index (χ1) is 16.2. The molecule has 3 heterocycles. The largest absolute Gasteiger partial charge is 0.489 e. The number of benzene rings is 1. The van der Waals surface area contributed by atoms with Crippen LogP contribution in [-0.4, -0.2) is 90.6 Å². The van der Waals surface area contributed by atoms with Crippen LogP contribution < -0.4 is 4.74 Å². The summed E-state index contributed by atoms with van der Waals surface area (Å²) in [5.74, 6) is 0.839. The third-order valence-electron chi connectivity index (χ3n) is 6.79. The molecule has 8 nitrogen and oxygen atoms in total. The summed E-state index contributed by atoms with van der Waals surface area (Å²) in [4.78, 5) is 20.5. The van der Waals surface area contributed by atoms with Gasteiger partial charge in [-0.2, -0.15) is 4.31 Å². The zero-order chi connectivity index (χ0) is 24.5. The smallest absolute Gasteiger partial charge is 0.270 e. The van der Waals surface area contributed by atoms with Gasteiger partial charge in [0.15, 0.2) is 0 Å². The lowest BCUT2D eigenvalue weighted by atomic mass is 10.1. The van der Waals surface area contributed by atoms with Crippen LogP contribution in [0, 0.1) is 0 Å². The molecule has 0 aliphatic carbocycles. The summed E-state index contributed by atoms with van der Waals surface area (Å²) in [6.45, 7) is 9.86. The minimum absolute atomic E-state index is 0.108. The summed E-state index contributed by atoms with van der Waals surface area (Å²) in [6, 6.07) is 6.36. The number of ether oxygens (including phenoxy) is 1. The van der Waals surface area contributed by atoms with E-state index in [9.17, 15) is 13.2 Å². The van der Waals surface area contributed by atoms with Crippen LogP contribution in [0.3, 0.4) is 0 Å². The van der Waals surface area contributed by atoms with Crippen molar-refractivity contribution in [2.45, 2.75) is 52.2 Å². The van der Waals surface area contributed by atoms with Gasteiger partial charge in [-0.1, -0.05) is 6.92 Å². The summed E-state index contributed by atoms with van der Waals surface area (Å²) in [5, 5.41) is 0.922. The first-order valence-corrected chi connectivity index (χ1v) is 14.6. The van der Waals surface area contributed by atoms with E-state index < -0.39 is 10.0 Å². The first kappa shape index (κ1) is 25.5. The van der Waals surface area contributed by atoms with Gasteiger partial charge in [-0.3, -0.25) is 4.79 Å². The molecule has 1 N–H and O–H groups in total. The van der Waals surface area contributed by atoms with Crippen LogP contribution in [0.5, 0.6) is 5.75 Å². The molecule has 34 heavy (non-hydrogen) atoms. The number of aromatic amines is 1. The first-order valence-electron chi connectivity index (χ1n) is 12.2. The highest BCUT2D eigenvalue weighted by molar-refractivity contribution is 9.10. The number of hydrogen-bond acceptors (Lipinski definition) is 5. The van der Waals surface area contributed by atoms with Gasteiger partial charge in [0.25, 0.3) is 5.91 Å². The zero-order valence-corrected chi connectivity index (χ0v) is 22.6. The molecular formula is C24H35BrN4O4S. The topological polar surface area (TPSA) is 85.9 Å². The lowest BCUT2D eigenvalue weighted by molar-refractivity contribution is 0.0693. The number of fused-ring (bicyclic) bond motifs is 1. The average Bonchev–Trinajstić information content (AvgIpc) is 3.22. The van der Waals surface area contributed by atoms with Gasteiger partial charge in [0.05, 0.1) is 10.2 Å². The van der Waals surface area contributed by atoms with Gasteiger partial charge in [0.1, 0.15) is 17.5 Å². The van der Waals surface area contributed by atoms with Crippen LogP contribution in [0.15, 0.2) is 22.7 Å². The number of likely N-dealkylation sites (tertiary alicyclic amines) is 1. The number of piperazine rings is 1. The summed E-state index contributed by atoms with van der Waals surface area (Å²) < 4.78 is 33.3. The van der Waals surface area contributed by atoms with Crippen LogP contribution in [0.1, 0.15) is 50.5 Å². The molecule has 2 aromatic rings. The predicted molar refractivity (Wildman–Crippen MR) is 138 cm³/mol.